The number of halogens is 1. The van der Waals surface area contributed by atoms with Crippen molar-refractivity contribution >= 4 is 16.8 Å². The highest BCUT2D eigenvalue weighted by molar-refractivity contribution is 6.64. The Morgan fingerprint density at radius 2 is 2.22 bits per heavy atom. The van der Waals surface area contributed by atoms with Gasteiger partial charge in [0.2, 0.25) is 5.24 Å². The fourth-order valence-electron chi connectivity index (χ4n) is 1.85. The largest absolute Gasteiger partial charge is 0.281 e. The van der Waals surface area contributed by atoms with E-state index in [9.17, 15) is 4.79 Å². The Morgan fingerprint density at radius 1 is 1.56 bits per heavy atom. The van der Waals surface area contributed by atoms with E-state index in [-0.39, 0.29) is 11.2 Å². The van der Waals surface area contributed by atoms with Crippen LogP contribution in [0, 0.1) is 11.3 Å². The van der Waals surface area contributed by atoms with Crippen molar-refractivity contribution in [3.63, 3.8) is 0 Å². The van der Waals surface area contributed by atoms with Gasteiger partial charge in [-0.1, -0.05) is 6.42 Å². The first-order valence-electron chi connectivity index (χ1n) is 3.44. The van der Waals surface area contributed by atoms with Gasteiger partial charge in [0.05, 0.1) is 0 Å². The third-order valence-electron chi connectivity index (χ3n) is 2.81. The standard InChI is InChI=1S/C7H9ClO/c8-6(9)5-4-7(5)2-1-3-7/h5H,1-4H2. The second-order valence-electron chi connectivity index (χ2n) is 3.28. The zero-order valence-electron chi connectivity index (χ0n) is 5.19. The molecule has 0 aromatic rings. The minimum Gasteiger partial charge on any atom is -0.281 e. The van der Waals surface area contributed by atoms with E-state index in [1.54, 1.807) is 0 Å². The minimum absolute atomic E-state index is 0.102. The SMILES string of the molecule is O=C(Cl)C1CC12CCC2. The maximum absolute atomic E-state index is 10.6. The second kappa shape index (κ2) is 1.51. The molecule has 2 fully saturated rings. The minimum atomic E-state index is -0.102. The van der Waals surface area contributed by atoms with Crippen LogP contribution in [0.5, 0.6) is 0 Å². The van der Waals surface area contributed by atoms with Crippen LogP contribution in [0.25, 0.3) is 0 Å². The number of carbonyl (C=O) groups excluding carboxylic acids is 1. The summed E-state index contributed by atoms with van der Waals surface area (Å²) in [5.74, 6) is 0.243. The lowest BCUT2D eigenvalue weighted by Gasteiger charge is -2.25. The molecule has 0 aromatic carbocycles. The molecule has 2 heteroatoms. The Labute approximate surface area is 59.4 Å². The molecule has 0 heterocycles. The topological polar surface area (TPSA) is 17.1 Å². The summed E-state index contributed by atoms with van der Waals surface area (Å²) < 4.78 is 0. The van der Waals surface area contributed by atoms with E-state index in [0.717, 1.165) is 6.42 Å². The summed E-state index contributed by atoms with van der Waals surface area (Å²) in [6.45, 7) is 0. The zero-order valence-corrected chi connectivity index (χ0v) is 5.95. The first-order valence-corrected chi connectivity index (χ1v) is 3.82. The van der Waals surface area contributed by atoms with Crippen molar-refractivity contribution in [3.05, 3.63) is 0 Å². The molecule has 0 aliphatic heterocycles. The quantitative estimate of drug-likeness (QED) is 0.514. The molecule has 9 heavy (non-hydrogen) atoms. The van der Waals surface area contributed by atoms with Crippen molar-refractivity contribution in [3.8, 4) is 0 Å². The van der Waals surface area contributed by atoms with Crippen LogP contribution in [0.4, 0.5) is 0 Å². The Bertz CT molecular complexity index is 160. The smallest absolute Gasteiger partial charge is 0.225 e. The number of hydrogen-bond donors (Lipinski definition) is 0. The summed E-state index contributed by atoms with van der Waals surface area (Å²) in [4.78, 5) is 10.6. The third-order valence-corrected chi connectivity index (χ3v) is 3.08. The molecular formula is C7H9ClO. The molecule has 0 aromatic heterocycles. The van der Waals surface area contributed by atoms with Crippen molar-refractivity contribution in [2.45, 2.75) is 25.7 Å². The van der Waals surface area contributed by atoms with Gasteiger partial charge in [0.15, 0.2) is 0 Å². The molecule has 1 spiro atoms. The van der Waals surface area contributed by atoms with Crippen molar-refractivity contribution in [2.75, 3.05) is 0 Å². The van der Waals surface area contributed by atoms with Crippen LogP contribution in [0.3, 0.4) is 0 Å². The van der Waals surface area contributed by atoms with Gasteiger partial charge in [0.25, 0.3) is 0 Å². The van der Waals surface area contributed by atoms with Crippen LogP contribution < -0.4 is 0 Å². The molecule has 0 amide bonds. The lowest BCUT2D eigenvalue weighted by atomic mass is 9.80. The van der Waals surface area contributed by atoms with Crippen LogP contribution in [-0.4, -0.2) is 5.24 Å². The van der Waals surface area contributed by atoms with E-state index in [4.69, 9.17) is 11.6 Å². The summed E-state index contributed by atoms with van der Waals surface area (Å²) >= 11 is 5.33. The summed E-state index contributed by atoms with van der Waals surface area (Å²) in [6.07, 6.45) is 4.88. The van der Waals surface area contributed by atoms with Crippen LogP contribution >= 0.6 is 11.6 Å². The Morgan fingerprint density at radius 3 is 2.33 bits per heavy atom. The maximum atomic E-state index is 10.6. The molecule has 2 rings (SSSR count). The fourth-order valence-corrected chi connectivity index (χ4v) is 2.16. The summed E-state index contributed by atoms with van der Waals surface area (Å²) in [6, 6.07) is 0. The fraction of sp³-hybridized carbons (Fsp3) is 0.857. The van der Waals surface area contributed by atoms with E-state index in [2.05, 4.69) is 0 Å². The second-order valence-corrected chi connectivity index (χ2v) is 3.65. The van der Waals surface area contributed by atoms with Crippen molar-refractivity contribution in [1.82, 2.24) is 0 Å². The van der Waals surface area contributed by atoms with Crippen LogP contribution in [-0.2, 0) is 4.79 Å². The number of rotatable bonds is 1. The van der Waals surface area contributed by atoms with Gasteiger partial charge in [-0.05, 0) is 36.3 Å². The predicted octanol–water partition coefficient (Wildman–Crippen LogP) is 1.94. The van der Waals surface area contributed by atoms with E-state index in [1.807, 2.05) is 0 Å². The van der Waals surface area contributed by atoms with Gasteiger partial charge < -0.3 is 0 Å². The van der Waals surface area contributed by atoms with E-state index in [0.29, 0.717) is 5.41 Å². The predicted molar refractivity (Wildman–Crippen MR) is 35.3 cm³/mol. The zero-order chi connectivity index (χ0) is 6.48. The summed E-state index contributed by atoms with van der Waals surface area (Å²) in [5.41, 5.74) is 0.429. The van der Waals surface area contributed by atoms with Crippen LogP contribution in [0.2, 0.25) is 0 Å². The average molecular weight is 145 g/mol. The molecule has 0 bridgehead atoms. The van der Waals surface area contributed by atoms with Gasteiger partial charge in [-0.2, -0.15) is 0 Å². The third kappa shape index (κ3) is 0.644. The molecule has 0 N–H and O–H groups in total. The van der Waals surface area contributed by atoms with Crippen molar-refractivity contribution in [1.29, 1.82) is 0 Å². The van der Waals surface area contributed by atoms with Crippen molar-refractivity contribution in [2.24, 2.45) is 11.3 Å². The first-order chi connectivity index (χ1) is 4.25. The lowest BCUT2D eigenvalue weighted by molar-refractivity contribution is -0.113. The Balaban J connectivity index is 2.01. The molecule has 50 valence electrons. The molecule has 2 saturated carbocycles. The molecular weight excluding hydrogens is 136 g/mol. The van der Waals surface area contributed by atoms with Crippen LogP contribution in [0.15, 0.2) is 0 Å². The van der Waals surface area contributed by atoms with E-state index < -0.39 is 0 Å². The highest BCUT2D eigenvalue weighted by Crippen LogP contribution is 2.66. The average Bonchev–Trinajstić information content (AvgIpc) is 2.34. The molecule has 1 unspecified atom stereocenters. The normalized spacial score (nSPS) is 35.9. The van der Waals surface area contributed by atoms with E-state index >= 15 is 0 Å². The molecule has 1 nitrogen and oxygen atoms in total. The molecule has 1 atom stereocenters. The summed E-state index contributed by atoms with van der Waals surface area (Å²) in [5, 5.41) is -0.102. The number of hydrogen-bond acceptors (Lipinski definition) is 1. The Hall–Kier alpha value is -0.0400. The monoisotopic (exact) mass is 144 g/mol. The maximum Gasteiger partial charge on any atom is 0.225 e. The van der Waals surface area contributed by atoms with Gasteiger partial charge in [-0.25, -0.2) is 0 Å². The molecule has 2 aliphatic rings. The molecule has 0 saturated heterocycles. The lowest BCUT2D eigenvalue weighted by Crippen LogP contribution is -2.16. The number of carbonyl (C=O) groups is 1. The van der Waals surface area contributed by atoms with E-state index in [1.165, 1.54) is 19.3 Å². The highest BCUT2D eigenvalue weighted by Gasteiger charge is 2.60. The van der Waals surface area contributed by atoms with Gasteiger partial charge in [0, 0.05) is 5.92 Å². The Kier molecular flexibility index (Phi) is 0.963. The summed E-state index contributed by atoms with van der Waals surface area (Å²) in [7, 11) is 0. The van der Waals surface area contributed by atoms with Crippen molar-refractivity contribution < 1.29 is 4.79 Å². The van der Waals surface area contributed by atoms with Crippen LogP contribution in [0.1, 0.15) is 25.7 Å². The molecule has 0 radical (unpaired) electrons. The molecule has 2 aliphatic carbocycles. The van der Waals surface area contributed by atoms with Gasteiger partial charge >= 0.3 is 0 Å². The highest BCUT2D eigenvalue weighted by atomic mass is 35.5. The first kappa shape index (κ1) is 5.72. The van der Waals surface area contributed by atoms with Gasteiger partial charge in [0.1, 0.15) is 0 Å². The van der Waals surface area contributed by atoms with Gasteiger partial charge in [-0.3, -0.25) is 4.79 Å². The van der Waals surface area contributed by atoms with Gasteiger partial charge in [-0.15, -0.1) is 0 Å².